The minimum Gasteiger partial charge on any atom is -0.464 e. The smallest absolute Gasteiger partial charge is 0.356 e. The standard InChI is InChI=1S/C11H18N4O2/c1-4-5-6-15(2)11-13-8(10(16)17-3)7-9(12)14-11/h7H,4-6H2,1-3H3,(H2,12,13,14). The maximum atomic E-state index is 11.4. The van der Waals surface area contributed by atoms with Gasteiger partial charge in [0.25, 0.3) is 0 Å². The lowest BCUT2D eigenvalue weighted by molar-refractivity contribution is 0.0594. The number of nitrogen functional groups attached to an aromatic ring is 1. The van der Waals surface area contributed by atoms with Crippen LogP contribution in [0.4, 0.5) is 11.8 Å². The van der Waals surface area contributed by atoms with E-state index in [9.17, 15) is 4.79 Å². The highest BCUT2D eigenvalue weighted by molar-refractivity contribution is 5.88. The van der Waals surface area contributed by atoms with Crippen LogP contribution in [0, 0.1) is 0 Å². The molecule has 0 saturated heterocycles. The highest BCUT2D eigenvalue weighted by Gasteiger charge is 2.13. The zero-order valence-corrected chi connectivity index (χ0v) is 10.4. The van der Waals surface area contributed by atoms with Gasteiger partial charge in [-0.05, 0) is 6.42 Å². The Bertz CT molecular complexity index is 395. The van der Waals surface area contributed by atoms with Gasteiger partial charge >= 0.3 is 5.97 Å². The summed E-state index contributed by atoms with van der Waals surface area (Å²) in [5.74, 6) is 0.196. The molecule has 0 aliphatic heterocycles. The molecule has 6 heteroatoms. The zero-order chi connectivity index (χ0) is 12.8. The normalized spacial score (nSPS) is 10.1. The van der Waals surface area contributed by atoms with Crippen LogP contribution in [0.2, 0.25) is 0 Å². The second kappa shape index (κ2) is 6.03. The predicted molar refractivity (Wildman–Crippen MR) is 66.0 cm³/mol. The molecule has 94 valence electrons. The summed E-state index contributed by atoms with van der Waals surface area (Å²) in [5.41, 5.74) is 5.81. The number of methoxy groups -OCH3 is 1. The molecule has 1 aromatic heterocycles. The van der Waals surface area contributed by atoms with Gasteiger partial charge in [0.05, 0.1) is 7.11 Å². The van der Waals surface area contributed by atoms with Crippen LogP contribution in [0.1, 0.15) is 30.3 Å². The average molecular weight is 238 g/mol. The summed E-state index contributed by atoms with van der Waals surface area (Å²) in [4.78, 5) is 21.4. The first-order chi connectivity index (χ1) is 8.08. The molecule has 0 radical (unpaired) electrons. The predicted octanol–water partition coefficient (Wildman–Crippen LogP) is 1.08. The third-order valence-corrected chi connectivity index (χ3v) is 2.32. The summed E-state index contributed by atoms with van der Waals surface area (Å²) in [6.45, 7) is 2.93. The van der Waals surface area contributed by atoms with Crippen molar-refractivity contribution in [2.45, 2.75) is 19.8 Å². The third kappa shape index (κ3) is 3.58. The molecule has 1 aromatic rings. The summed E-state index contributed by atoms with van der Waals surface area (Å²) >= 11 is 0. The Hall–Kier alpha value is -1.85. The van der Waals surface area contributed by atoms with Crippen LogP contribution >= 0.6 is 0 Å². The van der Waals surface area contributed by atoms with Gasteiger partial charge in [0.1, 0.15) is 5.82 Å². The summed E-state index contributed by atoms with van der Waals surface area (Å²) in [5, 5.41) is 0. The van der Waals surface area contributed by atoms with Gasteiger partial charge < -0.3 is 15.4 Å². The molecule has 0 unspecified atom stereocenters. The van der Waals surface area contributed by atoms with Crippen LogP contribution < -0.4 is 10.6 Å². The van der Waals surface area contributed by atoms with E-state index in [0.29, 0.717) is 5.95 Å². The highest BCUT2D eigenvalue weighted by Crippen LogP contribution is 2.12. The van der Waals surface area contributed by atoms with Crippen LogP contribution in [0.3, 0.4) is 0 Å². The molecule has 0 atom stereocenters. The van der Waals surface area contributed by atoms with Crippen molar-refractivity contribution in [2.24, 2.45) is 0 Å². The van der Waals surface area contributed by atoms with Gasteiger partial charge in [-0.25, -0.2) is 9.78 Å². The first-order valence-corrected chi connectivity index (χ1v) is 5.52. The molecule has 0 spiro atoms. The second-order valence-electron chi connectivity index (χ2n) is 3.74. The van der Waals surface area contributed by atoms with Gasteiger partial charge in [-0.3, -0.25) is 0 Å². The number of hydrogen-bond acceptors (Lipinski definition) is 6. The molecular formula is C11H18N4O2. The van der Waals surface area contributed by atoms with E-state index in [0.717, 1.165) is 19.4 Å². The quantitative estimate of drug-likeness (QED) is 0.773. The Balaban J connectivity index is 2.92. The Labute approximate surface area is 101 Å². The fraction of sp³-hybridized carbons (Fsp3) is 0.545. The molecule has 1 heterocycles. The Kier molecular flexibility index (Phi) is 4.68. The minimum atomic E-state index is -0.510. The van der Waals surface area contributed by atoms with E-state index in [1.807, 2.05) is 11.9 Å². The molecule has 6 nitrogen and oxygen atoms in total. The van der Waals surface area contributed by atoms with Crippen molar-refractivity contribution in [2.75, 3.05) is 31.3 Å². The summed E-state index contributed by atoms with van der Waals surface area (Å²) in [6.07, 6.45) is 2.11. The van der Waals surface area contributed by atoms with Crippen LogP contribution in [-0.4, -0.2) is 36.6 Å². The minimum absolute atomic E-state index is 0.179. The van der Waals surface area contributed by atoms with Crippen molar-refractivity contribution in [3.63, 3.8) is 0 Å². The molecule has 1 rings (SSSR count). The molecule has 0 bridgehead atoms. The molecule has 0 saturated carbocycles. The number of unbranched alkanes of at least 4 members (excludes halogenated alkanes) is 1. The van der Waals surface area contributed by atoms with Crippen molar-refractivity contribution >= 4 is 17.7 Å². The largest absolute Gasteiger partial charge is 0.464 e. The Morgan fingerprint density at radius 3 is 2.82 bits per heavy atom. The van der Waals surface area contributed by atoms with Crippen molar-refractivity contribution in [3.05, 3.63) is 11.8 Å². The molecule has 0 aliphatic rings. The van der Waals surface area contributed by atoms with E-state index >= 15 is 0 Å². The highest BCUT2D eigenvalue weighted by atomic mass is 16.5. The van der Waals surface area contributed by atoms with Crippen LogP contribution in [0.25, 0.3) is 0 Å². The van der Waals surface area contributed by atoms with E-state index in [4.69, 9.17) is 5.73 Å². The van der Waals surface area contributed by atoms with E-state index in [1.165, 1.54) is 13.2 Å². The molecule has 0 aliphatic carbocycles. The van der Waals surface area contributed by atoms with Gasteiger partial charge in [0.15, 0.2) is 5.69 Å². The third-order valence-electron chi connectivity index (χ3n) is 2.32. The lowest BCUT2D eigenvalue weighted by Crippen LogP contribution is -2.22. The van der Waals surface area contributed by atoms with Gasteiger partial charge in [-0.1, -0.05) is 13.3 Å². The van der Waals surface area contributed by atoms with Crippen molar-refractivity contribution < 1.29 is 9.53 Å². The molecule has 0 aromatic carbocycles. The SMILES string of the molecule is CCCCN(C)c1nc(N)cc(C(=O)OC)n1. The number of rotatable bonds is 5. The maximum Gasteiger partial charge on any atom is 0.356 e. The number of carbonyl (C=O) groups is 1. The van der Waals surface area contributed by atoms with E-state index in [-0.39, 0.29) is 11.5 Å². The summed E-state index contributed by atoms with van der Waals surface area (Å²) in [6, 6.07) is 1.41. The average Bonchev–Trinajstić information content (AvgIpc) is 2.34. The van der Waals surface area contributed by atoms with Gasteiger partial charge in [-0.2, -0.15) is 4.98 Å². The number of ether oxygens (including phenoxy) is 1. The van der Waals surface area contributed by atoms with Crippen molar-refractivity contribution in [1.82, 2.24) is 9.97 Å². The number of hydrogen-bond donors (Lipinski definition) is 1. The first kappa shape index (κ1) is 13.2. The number of esters is 1. The maximum absolute atomic E-state index is 11.4. The lowest BCUT2D eigenvalue weighted by Gasteiger charge is -2.17. The van der Waals surface area contributed by atoms with Crippen LogP contribution in [0.5, 0.6) is 0 Å². The monoisotopic (exact) mass is 238 g/mol. The number of aromatic nitrogens is 2. The van der Waals surface area contributed by atoms with E-state index in [2.05, 4.69) is 21.6 Å². The van der Waals surface area contributed by atoms with Gasteiger partial charge in [-0.15, -0.1) is 0 Å². The number of anilines is 2. The topological polar surface area (TPSA) is 81.3 Å². The number of carbonyl (C=O) groups excluding carboxylic acids is 1. The van der Waals surface area contributed by atoms with Crippen molar-refractivity contribution in [1.29, 1.82) is 0 Å². The first-order valence-electron chi connectivity index (χ1n) is 5.52. The summed E-state index contributed by atoms with van der Waals surface area (Å²) in [7, 11) is 3.17. The fourth-order valence-electron chi connectivity index (χ4n) is 1.33. The zero-order valence-electron chi connectivity index (χ0n) is 10.4. The molecule has 17 heavy (non-hydrogen) atoms. The van der Waals surface area contributed by atoms with E-state index in [1.54, 1.807) is 0 Å². The molecule has 0 fully saturated rings. The summed E-state index contributed by atoms with van der Waals surface area (Å²) < 4.78 is 4.60. The fourth-order valence-corrected chi connectivity index (χ4v) is 1.33. The van der Waals surface area contributed by atoms with Gasteiger partial charge in [0.2, 0.25) is 5.95 Å². The molecular weight excluding hydrogens is 220 g/mol. The number of nitrogens with two attached hydrogens (primary N) is 1. The van der Waals surface area contributed by atoms with E-state index < -0.39 is 5.97 Å². The van der Waals surface area contributed by atoms with Crippen LogP contribution in [0.15, 0.2) is 6.07 Å². The molecule has 2 N–H and O–H groups in total. The van der Waals surface area contributed by atoms with Crippen LogP contribution in [-0.2, 0) is 4.74 Å². The number of nitrogens with zero attached hydrogens (tertiary/aromatic N) is 3. The Morgan fingerprint density at radius 2 is 2.24 bits per heavy atom. The molecule has 0 amide bonds. The second-order valence-corrected chi connectivity index (χ2v) is 3.74. The van der Waals surface area contributed by atoms with Gasteiger partial charge in [0, 0.05) is 19.7 Å². The van der Waals surface area contributed by atoms with Crippen molar-refractivity contribution in [3.8, 4) is 0 Å². The lowest BCUT2D eigenvalue weighted by atomic mass is 10.3. The Morgan fingerprint density at radius 1 is 1.53 bits per heavy atom.